The Morgan fingerprint density at radius 3 is 2.06 bits per heavy atom. The second kappa shape index (κ2) is 10.9. The van der Waals surface area contributed by atoms with Crippen LogP contribution in [0.3, 0.4) is 0 Å². The number of aromatic nitrogens is 1. The number of fused-ring (bicyclic) bond motifs is 1. The Balaban J connectivity index is 2.23. The van der Waals surface area contributed by atoms with Gasteiger partial charge in [0, 0.05) is 22.2 Å². The number of hydrogen-bond acceptors (Lipinski definition) is 7. The Morgan fingerprint density at radius 1 is 0.882 bits per heavy atom. The largest absolute Gasteiger partial charge is 0.493 e. The van der Waals surface area contributed by atoms with Crippen molar-refractivity contribution < 1.29 is 33.3 Å². The molecule has 8 nitrogen and oxygen atoms in total. The SMILES string of the molecule is CCOC(=O)C(C(=O)OCC)C(C(=O)c1ccc(OC)c(OC)c1)c1[nH]c2ccccc2c1C. The Hall–Kier alpha value is -3.81. The Bertz CT molecular complexity index is 1180. The van der Waals surface area contributed by atoms with Crippen LogP contribution >= 0.6 is 0 Å². The highest BCUT2D eigenvalue weighted by Gasteiger charge is 2.44. The number of H-pyrrole nitrogens is 1. The summed E-state index contributed by atoms with van der Waals surface area (Å²) < 4.78 is 21.0. The third-order valence-electron chi connectivity index (χ3n) is 5.68. The zero-order valence-electron chi connectivity index (χ0n) is 20.0. The molecule has 0 aliphatic heterocycles. The normalized spacial score (nSPS) is 11.8. The van der Waals surface area contributed by atoms with Crippen molar-refractivity contribution in [2.45, 2.75) is 26.7 Å². The summed E-state index contributed by atoms with van der Waals surface area (Å²) in [5, 5.41) is 0.883. The number of aromatic amines is 1. The van der Waals surface area contributed by atoms with E-state index in [2.05, 4.69) is 4.98 Å². The summed E-state index contributed by atoms with van der Waals surface area (Å²) in [6.07, 6.45) is 0. The van der Waals surface area contributed by atoms with Crippen LogP contribution in [0.1, 0.15) is 41.4 Å². The topological polar surface area (TPSA) is 104 Å². The number of carbonyl (C=O) groups excluding carboxylic acids is 3. The van der Waals surface area contributed by atoms with Gasteiger partial charge in [-0.2, -0.15) is 0 Å². The van der Waals surface area contributed by atoms with Crippen LogP contribution in [-0.4, -0.2) is 50.1 Å². The number of esters is 2. The van der Waals surface area contributed by atoms with E-state index in [9.17, 15) is 14.4 Å². The minimum absolute atomic E-state index is 0.0533. The number of methoxy groups -OCH3 is 2. The van der Waals surface area contributed by atoms with Gasteiger partial charge in [0.05, 0.1) is 33.4 Å². The summed E-state index contributed by atoms with van der Waals surface area (Å²) in [6, 6.07) is 12.2. The molecule has 0 fully saturated rings. The summed E-state index contributed by atoms with van der Waals surface area (Å²) >= 11 is 0. The number of ketones is 1. The van der Waals surface area contributed by atoms with E-state index in [1.165, 1.54) is 20.3 Å². The van der Waals surface area contributed by atoms with Gasteiger partial charge >= 0.3 is 11.9 Å². The summed E-state index contributed by atoms with van der Waals surface area (Å²) in [5.41, 5.74) is 2.24. The fraction of sp³-hybridized carbons (Fsp3) is 0.346. The molecule has 0 bridgehead atoms. The molecule has 34 heavy (non-hydrogen) atoms. The van der Waals surface area contributed by atoms with Gasteiger partial charge in [-0.3, -0.25) is 14.4 Å². The van der Waals surface area contributed by atoms with Crippen LogP contribution in [0.25, 0.3) is 10.9 Å². The molecule has 0 saturated heterocycles. The molecule has 0 aliphatic rings. The number of para-hydroxylation sites is 1. The molecule has 0 radical (unpaired) electrons. The lowest BCUT2D eigenvalue weighted by molar-refractivity contribution is -0.162. The Labute approximate surface area is 198 Å². The minimum Gasteiger partial charge on any atom is -0.493 e. The molecule has 2 aromatic carbocycles. The number of rotatable bonds is 10. The summed E-state index contributed by atoms with van der Waals surface area (Å²) in [6.45, 7) is 5.23. The average molecular weight is 468 g/mol. The average Bonchev–Trinajstić information content (AvgIpc) is 3.17. The van der Waals surface area contributed by atoms with E-state index in [-0.39, 0.29) is 18.8 Å². The van der Waals surface area contributed by atoms with Crippen molar-refractivity contribution in [1.82, 2.24) is 4.98 Å². The van der Waals surface area contributed by atoms with E-state index in [0.717, 1.165) is 16.5 Å². The van der Waals surface area contributed by atoms with Crippen molar-refractivity contribution in [2.75, 3.05) is 27.4 Å². The quantitative estimate of drug-likeness (QED) is 0.271. The Kier molecular flexibility index (Phi) is 7.94. The van der Waals surface area contributed by atoms with Crippen molar-refractivity contribution in [2.24, 2.45) is 5.92 Å². The van der Waals surface area contributed by atoms with Crippen molar-refractivity contribution in [3.05, 3.63) is 59.3 Å². The smallest absolute Gasteiger partial charge is 0.321 e. The number of aryl methyl sites for hydroxylation is 1. The van der Waals surface area contributed by atoms with Crippen LogP contribution in [0.5, 0.6) is 11.5 Å². The second-order valence-corrected chi connectivity index (χ2v) is 7.60. The van der Waals surface area contributed by atoms with Crippen LogP contribution in [0, 0.1) is 12.8 Å². The first-order valence-electron chi connectivity index (χ1n) is 11.0. The number of Topliss-reactive ketones (excluding diaryl/α,β-unsaturated/α-hetero) is 1. The summed E-state index contributed by atoms with van der Waals surface area (Å²) in [7, 11) is 2.96. The van der Waals surface area contributed by atoms with Crippen LogP contribution in [0.4, 0.5) is 0 Å². The number of nitrogens with one attached hydrogen (secondary N) is 1. The standard InChI is InChI=1S/C26H29NO7/c1-6-33-25(29)22(26(30)34-7-2)21(23-15(3)17-10-8-9-11-18(17)27-23)24(28)16-12-13-19(31-4)20(14-16)32-5/h8-14,21-22,27H,6-7H2,1-5H3. The lowest BCUT2D eigenvalue weighted by Gasteiger charge is -2.24. The maximum absolute atomic E-state index is 14.0. The number of benzene rings is 2. The molecule has 3 rings (SSSR count). The first-order valence-corrected chi connectivity index (χ1v) is 11.0. The predicted molar refractivity (Wildman–Crippen MR) is 126 cm³/mol. The van der Waals surface area contributed by atoms with Gasteiger partial charge in [-0.05, 0) is 50.6 Å². The molecule has 8 heteroatoms. The molecule has 1 unspecified atom stereocenters. The highest BCUT2D eigenvalue weighted by atomic mass is 16.6. The zero-order chi connectivity index (χ0) is 24.8. The first-order chi connectivity index (χ1) is 16.4. The van der Waals surface area contributed by atoms with E-state index in [1.54, 1.807) is 26.0 Å². The molecule has 1 aromatic heterocycles. The van der Waals surface area contributed by atoms with Crippen LogP contribution in [0.2, 0.25) is 0 Å². The van der Waals surface area contributed by atoms with Crippen molar-refractivity contribution in [3.63, 3.8) is 0 Å². The molecule has 3 aromatic rings. The van der Waals surface area contributed by atoms with E-state index < -0.39 is 29.6 Å². The third-order valence-corrected chi connectivity index (χ3v) is 5.68. The molecule has 0 saturated carbocycles. The Morgan fingerprint density at radius 2 is 1.50 bits per heavy atom. The van der Waals surface area contributed by atoms with Crippen LogP contribution in [0.15, 0.2) is 42.5 Å². The molecule has 0 amide bonds. The maximum Gasteiger partial charge on any atom is 0.321 e. The molecule has 1 N–H and O–H groups in total. The lowest BCUT2D eigenvalue weighted by atomic mass is 9.81. The first kappa shape index (κ1) is 24.8. The highest BCUT2D eigenvalue weighted by Crippen LogP contribution is 2.37. The maximum atomic E-state index is 14.0. The molecular formula is C26H29NO7. The highest BCUT2D eigenvalue weighted by molar-refractivity contribution is 6.09. The van der Waals surface area contributed by atoms with Crippen molar-refractivity contribution >= 4 is 28.6 Å². The fourth-order valence-electron chi connectivity index (χ4n) is 4.06. The van der Waals surface area contributed by atoms with Crippen molar-refractivity contribution in [1.29, 1.82) is 0 Å². The van der Waals surface area contributed by atoms with E-state index in [1.807, 2.05) is 31.2 Å². The van der Waals surface area contributed by atoms with Gasteiger partial charge in [-0.25, -0.2) is 0 Å². The summed E-state index contributed by atoms with van der Waals surface area (Å²) in [4.78, 5) is 43.3. The second-order valence-electron chi connectivity index (χ2n) is 7.60. The van der Waals surface area contributed by atoms with Gasteiger partial charge < -0.3 is 23.9 Å². The predicted octanol–water partition coefficient (Wildman–Crippen LogP) is 4.20. The molecule has 180 valence electrons. The fourth-order valence-corrected chi connectivity index (χ4v) is 4.06. The zero-order valence-corrected chi connectivity index (χ0v) is 20.0. The molecule has 0 spiro atoms. The van der Waals surface area contributed by atoms with E-state index in [0.29, 0.717) is 17.2 Å². The van der Waals surface area contributed by atoms with Gasteiger partial charge in [0.2, 0.25) is 0 Å². The minimum atomic E-state index is -1.49. The monoisotopic (exact) mass is 467 g/mol. The molecular weight excluding hydrogens is 438 g/mol. The number of carbonyl (C=O) groups is 3. The van der Waals surface area contributed by atoms with E-state index in [4.69, 9.17) is 18.9 Å². The van der Waals surface area contributed by atoms with Crippen molar-refractivity contribution in [3.8, 4) is 11.5 Å². The van der Waals surface area contributed by atoms with Gasteiger partial charge in [-0.1, -0.05) is 18.2 Å². The van der Waals surface area contributed by atoms with Gasteiger partial charge in [0.1, 0.15) is 0 Å². The van der Waals surface area contributed by atoms with Crippen LogP contribution in [-0.2, 0) is 19.1 Å². The van der Waals surface area contributed by atoms with Gasteiger partial charge in [0.15, 0.2) is 23.2 Å². The third kappa shape index (κ3) is 4.76. The molecule has 1 atom stereocenters. The number of ether oxygens (including phenoxy) is 4. The van der Waals surface area contributed by atoms with Crippen LogP contribution < -0.4 is 9.47 Å². The van der Waals surface area contributed by atoms with Gasteiger partial charge in [0.25, 0.3) is 0 Å². The summed E-state index contributed by atoms with van der Waals surface area (Å²) in [5.74, 6) is -4.00. The van der Waals surface area contributed by atoms with E-state index >= 15 is 0 Å². The van der Waals surface area contributed by atoms with Gasteiger partial charge in [-0.15, -0.1) is 0 Å². The molecule has 0 aliphatic carbocycles. The lowest BCUT2D eigenvalue weighted by Crippen LogP contribution is -2.37. The molecule has 1 heterocycles. The number of hydrogen-bond donors (Lipinski definition) is 1.